The maximum absolute atomic E-state index is 12.4. The Labute approximate surface area is 121 Å². The first-order valence-corrected chi connectivity index (χ1v) is 7.00. The number of aliphatic hydroxyl groups excluding tert-OH is 1. The van der Waals surface area contributed by atoms with Crippen LogP contribution < -0.4 is 5.32 Å². The lowest BCUT2D eigenvalue weighted by Gasteiger charge is -2.14. The summed E-state index contributed by atoms with van der Waals surface area (Å²) in [5.74, 6) is -0.524. The highest BCUT2D eigenvalue weighted by molar-refractivity contribution is 5.79. The van der Waals surface area contributed by atoms with Gasteiger partial charge in [0, 0.05) is 6.54 Å². The zero-order valence-electron chi connectivity index (χ0n) is 11.5. The van der Waals surface area contributed by atoms with E-state index in [0.717, 1.165) is 24.1 Å². The topological polar surface area (TPSA) is 49.3 Å². The number of amides is 1. The third kappa shape index (κ3) is 4.20. The van der Waals surface area contributed by atoms with Crippen LogP contribution in [0.4, 0.5) is 13.2 Å². The quantitative estimate of drug-likeness (QED) is 0.898. The molecule has 2 N–H and O–H groups in total. The van der Waals surface area contributed by atoms with E-state index in [4.69, 9.17) is 0 Å². The van der Waals surface area contributed by atoms with Gasteiger partial charge in [0.1, 0.15) is 0 Å². The Morgan fingerprint density at radius 3 is 2.43 bits per heavy atom. The van der Waals surface area contributed by atoms with Crippen LogP contribution in [0.1, 0.15) is 30.4 Å². The zero-order valence-corrected chi connectivity index (χ0v) is 11.5. The molecule has 0 radical (unpaired) electrons. The number of halogens is 3. The van der Waals surface area contributed by atoms with Gasteiger partial charge in [-0.3, -0.25) is 4.79 Å². The summed E-state index contributed by atoms with van der Waals surface area (Å²) >= 11 is 0. The smallest absolute Gasteiger partial charge is 0.392 e. The minimum atomic E-state index is -4.33. The first-order chi connectivity index (χ1) is 9.88. The van der Waals surface area contributed by atoms with Crippen LogP contribution in [0.5, 0.6) is 0 Å². The van der Waals surface area contributed by atoms with Gasteiger partial charge in [-0.15, -0.1) is 0 Å². The summed E-state index contributed by atoms with van der Waals surface area (Å²) in [6.07, 6.45) is -2.25. The number of hydrogen-bond acceptors (Lipinski definition) is 2. The molecule has 1 aliphatic rings. The summed E-state index contributed by atoms with van der Waals surface area (Å²) in [4.78, 5) is 11.8. The predicted octanol–water partition coefficient (Wildman–Crippen LogP) is 2.53. The van der Waals surface area contributed by atoms with Crippen LogP contribution in [0.15, 0.2) is 24.3 Å². The second-order valence-electron chi connectivity index (χ2n) is 5.34. The van der Waals surface area contributed by atoms with Crippen LogP contribution in [-0.4, -0.2) is 23.7 Å². The number of nitrogens with one attached hydrogen (secondary N) is 1. The van der Waals surface area contributed by atoms with Crippen molar-refractivity contribution < 1.29 is 23.1 Å². The maximum atomic E-state index is 12.4. The van der Waals surface area contributed by atoms with E-state index in [9.17, 15) is 23.1 Å². The lowest BCUT2D eigenvalue weighted by Crippen LogP contribution is -2.35. The van der Waals surface area contributed by atoms with Gasteiger partial charge in [0.05, 0.1) is 17.6 Å². The van der Waals surface area contributed by atoms with Gasteiger partial charge in [0.25, 0.3) is 0 Å². The van der Waals surface area contributed by atoms with E-state index in [1.54, 1.807) is 0 Å². The van der Waals surface area contributed by atoms with Crippen molar-refractivity contribution in [3.63, 3.8) is 0 Å². The average molecular weight is 301 g/mol. The molecule has 0 aromatic heterocycles. The monoisotopic (exact) mass is 301 g/mol. The molecule has 1 fully saturated rings. The summed E-state index contributed by atoms with van der Waals surface area (Å²) in [5.41, 5.74) is 0.0552. The summed E-state index contributed by atoms with van der Waals surface area (Å²) in [7, 11) is 0. The second-order valence-corrected chi connectivity index (χ2v) is 5.34. The van der Waals surface area contributed by atoms with E-state index < -0.39 is 17.8 Å². The number of benzene rings is 1. The second kappa shape index (κ2) is 6.47. The normalized spacial score (nSPS) is 22.3. The molecule has 1 aliphatic carbocycles. The molecule has 2 unspecified atom stereocenters. The molecule has 0 aliphatic heterocycles. The first kappa shape index (κ1) is 15.8. The Morgan fingerprint density at radius 2 is 1.90 bits per heavy atom. The fourth-order valence-electron chi connectivity index (χ4n) is 2.57. The van der Waals surface area contributed by atoms with Gasteiger partial charge in [-0.25, -0.2) is 0 Å². The van der Waals surface area contributed by atoms with Gasteiger partial charge in [0.2, 0.25) is 5.91 Å². The molecule has 0 spiro atoms. The molecule has 116 valence electrons. The molecule has 1 amide bonds. The molecule has 2 rings (SSSR count). The third-order valence-corrected chi connectivity index (χ3v) is 3.81. The van der Waals surface area contributed by atoms with Crippen molar-refractivity contribution in [3.05, 3.63) is 35.4 Å². The van der Waals surface area contributed by atoms with Crippen molar-refractivity contribution in [2.45, 2.75) is 38.0 Å². The number of rotatable bonds is 4. The van der Waals surface area contributed by atoms with Gasteiger partial charge in [0.15, 0.2) is 0 Å². The van der Waals surface area contributed by atoms with Crippen LogP contribution in [0.25, 0.3) is 0 Å². The van der Waals surface area contributed by atoms with E-state index in [0.29, 0.717) is 25.8 Å². The maximum Gasteiger partial charge on any atom is 0.416 e. The molecular formula is C15H18F3NO2. The van der Waals surface area contributed by atoms with E-state index in [1.165, 1.54) is 12.1 Å². The molecular weight excluding hydrogens is 283 g/mol. The molecule has 1 saturated carbocycles. The van der Waals surface area contributed by atoms with Gasteiger partial charge in [-0.1, -0.05) is 12.1 Å². The Balaban J connectivity index is 1.79. The van der Waals surface area contributed by atoms with Crippen molar-refractivity contribution in [2.75, 3.05) is 6.54 Å². The molecule has 2 atom stereocenters. The molecule has 0 heterocycles. The van der Waals surface area contributed by atoms with Gasteiger partial charge in [-0.2, -0.15) is 13.2 Å². The number of carbonyl (C=O) groups is 1. The van der Waals surface area contributed by atoms with Crippen LogP contribution in [0.2, 0.25) is 0 Å². The van der Waals surface area contributed by atoms with Crippen molar-refractivity contribution in [2.24, 2.45) is 5.92 Å². The summed E-state index contributed by atoms with van der Waals surface area (Å²) in [5, 5.41) is 12.3. The lowest BCUT2D eigenvalue weighted by atomic mass is 10.0. The zero-order chi connectivity index (χ0) is 15.5. The van der Waals surface area contributed by atoms with Crippen molar-refractivity contribution in [3.8, 4) is 0 Å². The molecule has 21 heavy (non-hydrogen) atoms. The Hall–Kier alpha value is -1.56. The minimum absolute atomic E-state index is 0.174. The fraction of sp³-hybridized carbons (Fsp3) is 0.533. The lowest BCUT2D eigenvalue weighted by molar-refractivity contribution is -0.137. The molecule has 1 aromatic carbocycles. The first-order valence-electron chi connectivity index (χ1n) is 7.00. The average Bonchev–Trinajstić information content (AvgIpc) is 2.84. The summed E-state index contributed by atoms with van der Waals surface area (Å²) < 4.78 is 37.2. The number of aliphatic hydroxyl groups is 1. The molecule has 0 bridgehead atoms. The highest BCUT2D eigenvalue weighted by Crippen LogP contribution is 2.29. The molecule has 6 heteroatoms. The molecule has 3 nitrogen and oxygen atoms in total. The number of hydrogen-bond donors (Lipinski definition) is 2. The number of carbonyl (C=O) groups excluding carboxylic acids is 1. The van der Waals surface area contributed by atoms with Crippen LogP contribution in [0, 0.1) is 5.92 Å². The van der Waals surface area contributed by atoms with Gasteiger partial charge < -0.3 is 10.4 Å². The Bertz CT molecular complexity index is 485. The van der Waals surface area contributed by atoms with E-state index >= 15 is 0 Å². The van der Waals surface area contributed by atoms with Crippen LogP contribution >= 0.6 is 0 Å². The Kier molecular flexibility index (Phi) is 4.88. The summed E-state index contributed by atoms with van der Waals surface area (Å²) in [6.45, 7) is 0.355. The molecule has 0 saturated heterocycles. The highest BCUT2D eigenvalue weighted by atomic mass is 19.4. The van der Waals surface area contributed by atoms with E-state index in [1.807, 2.05) is 0 Å². The number of alkyl halides is 3. The standard InChI is InChI=1S/C15H18F3NO2/c16-15(17,18)11-6-4-10(5-7-11)8-9-19-14(21)12-2-1-3-13(12)20/h4-7,12-13,20H,1-3,8-9H2,(H,19,21). The largest absolute Gasteiger partial charge is 0.416 e. The summed E-state index contributed by atoms with van der Waals surface area (Å²) in [6, 6.07) is 4.91. The third-order valence-electron chi connectivity index (χ3n) is 3.81. The van der Waals surface area contributed by atoms with E-state index in [-0.39, 0.29) is 11.8 Å². The Morgan fingerprint density at radius 1 is 1.24 bits per heavy atom. The highest BCUT2D eigenvalue weighted by Gasteiger charge is 2.31. The molecule has 1 aromatic rings. The predicted molar refractivity (Wildman–Crippen MR) is 71.5 cm³/mol. The van der Waals surface area contributed by atoms with Crippen molar-refractivity contribution >= 4 is 5.91 Å². The van der Waals surface area contributed by atoms with Crippen LogP contribution in [0.3, 0.4) is 0 Å². The van der Waals surface area contributed by atoms with Crippen molar-refractivity contribution in [1.82, 2.24) is 5.32 Å². The van der Waals surface area contributed by atoms with Crippen molar-refractivity contribution in [1.29, 1.82) is 0 Å². The van der Waals surface area contributed by atoms with E-state index in [2.05, 4.69) is 5.32 Å². The van der Waals surface area contributed by atoms with Gasteiger partial charge >= 0.3 is 6.18 Å². The van der Waals surface area contributed by atoms with Crippen LogP contribution in [-0.2, 0) is 17.4 Å². The minimum Gasteiger partial charge on any atom is -0.392 e. The van der Waals surface area contributed by atoms with Gasteiger partial charge in [-0.05, 0) is 43.4 Å². The fourth-order valence-corrected chi connectivity index (χ4v) is 2.57. The SMILES string of the molecule is O=C(NCCc1ccc(C(F)(F)F)cc1)C1CCCC1O.